The topological polar surface area (TPSA) is 53.0 Å². The molecule has 0 bridgehead atoms. The second-order valence-electron chi connectivity index (χ2n) is 6.18. The molecule has 102 valence electrons. The van der Waals surface area contributed by atoms with Crippen molar-refractivity contribution in [3.8, 4) is 0 Å². The first-order chi connectivity index (χ1) is 9.75. The Balaban J connectivity index is 1.83. The molecule has 0 radical (unpaired) electrons. The van der Waals surface area contributed by atoms with E-state index >= 15 is 0 Å². The van der Waals surface area contributed by atoms with Gasteiger partial charge in [0.05, 0.1) is 0 Å². The molecule has 0 aromatic heterocycles. The molecule has 1 fully saturated rings. The number of ether oxygens (including phenoxy) is 1. The van der Waals surface area contributed by atoms with Crippen LogP contribution in [-0.2, 0) is 17.6 Å². The van der Waals surface area contributed by atoms with Crippen LogP contribution in [0.1, 0.15) is 40.9 Å². The third kappa shape index (κ3) is 1.26. The average molecular weight is 268 g/mol. The van der Waals surface area contributed by atoms with Crippen LogP contribution in [0.5, 0.6) is 0 Å². The number of aliphatic hydroxyl groups excluding tert-OH is 2. The maximum atomic E-state index is 10.2. The van der Waals surface area contributed by atoms with Gasteiger partial charge in [-0.15, -0.1) is 0 Å². The molecule has 1 saturated heterocycles. The van der Waals surface area contributed by atoms with Gasteiger partial charge in [0.1, 0.15) is 24.4 Å². The summed E-state index contributed by atoms with van der Waals surface area (Å²) in [5, 5.41) is 22.7. The molecule has 2 aliphatic carbocycles. The number of epoxide rings is 1. The van der Waals surface area contributed by atoms with Gasteiger partial charge < -0.3 is 14.9 Å². The molecule has 5 rings (SSSR count). The van der Waals surface area contributed by atoms with Crippen molar-refractivity contribution in [3.63, 3.8) is 0 Å². The van der Waals surface area contributed by atoms with Crippen molar-refractivity contribution in [2.24, 2.45) is 0 Å². The van der Waals surface area contributed by atoms with E-state index in [1.54, 1.807) is 0 Å². The minimum absolute atomic E-state index is 0.0356. The second kappa shape index (κ2) is 3.61. The highest BCUT2D eigenvalue weighted by atomic mass is 16.6. The Bertz CT molecular complexity index is 737. The van der Waals surface area contributed by atoms with Crippen molar-refractivity contribution in [3.05, 3.63) is 46.5 Å². The maximum Gasteiger partial charge on any atom is 0.118 e. The van der Waals surface area contributed by atoms with Crippen LogP contribution in [0.25, 0.3) is 10.8 Å². The Morgan fingerprint density at radius 1 is 1.00 bits per heavy atom. The molecular weight excluding hydrogens is 252 g/mol. The van der Waals surface area contributed by atoms with Crippen LogP contribution in [0.3, 0.4) is 0 Å². The number of benzene rings is 2. The summed E-state index contributed by atoms with van der Waals surface area (Å²) in [6.45, 7) is 0. The molecule has 3 heteroatoms. The van der Waals surface area contributed by atoms with Gasteiger partial charge in [0.15, 0.2) is 0 Å². The monoisotopic (exact) mass is 268 g/mol. The summed E-state index contributed by atoms with van der Waals surface area (Å²) in [6, 6.07) is 8.47. The Labute approximate surface area is 116 Å². The van der Waals surface area contributed by atoms with E-state index in [4.69, 9.17) is 4.74 Å². The van der Waals surface area contributed by atoms with Gasteiger partial charge in [-0.05, 0) is 52.3 Å². The third-order valence-electron chi connectivity index (χ3n) is 5.15. The summed E-state index contributed by atoms with van der Waals surface area (Å²) >= 11 is 0. The fourth-order valence-electron chi connectivity index (χ4n) is 4.09. The highest BCUT2D eigenvalue weighted by Gasteiger charge is 2.54. The zero-order valence-electron chi connectivity index (χ0n) is 11.0. The number of fused-ring (bicyclic) bond motifs is 7. The van der Waals surface area contributed by atoms with E-state index in [0.29, 0.717) is 0 Å². The third-order valence-corrected chi connectivity index (χ3v) is 5.15. The highest BCUT2D eigenvalue weighted by molar-refractivity contribution is 5.92. The van der Waals surface area contributed by atoms with Crippen molar-refractivity contribution in [1.82, 2.24) is 0 Å². The largest absolute Gasteiger partial charge is 0.387 e. The van der Waals surface area contributed by atoms with Crippen LogP contribution in [0.4, 0.5) is 0 Å². The molecular formula is C17H16O3. The quantitative estimate of drug-likeness (QED) is 0.720. The smallest absolute Gasteiger partial charge is 0.118 e. The van der Waals surface area contributed by atoms with Gasteiger partial charge in [0.2, 0.25) is 0 Å². The predicted octanol–water partition coefficient (Wildman–Crippen LogP) is 2.18. The van der Waals surface area contributed by atoms with Crippen LogP contribution in [0.15, 0.2) is 24.3 Å². The number of aryl methyl sites for hydroxylation is 2. The van der Waals surface area contributed by atoms with Gasteiger partial charge in [-0.3, -0.25) is 0 Å². The van der Waals surface area contributed by atoms with E-state index in [1.165, 1.54) is 34.7 Å². The Kier molecular flexibility index (Phi) is 2.03. The molecule has 3 aliphatic rings. The molecule has 1 aliphatic heterocycles. The first-order valence-electron chi connectivity index (χ1n) is 7.34. The zero-order valence-corrected chi connectivity index (χ0v) is 11.0. The first kappa shape index (κ1) is 11.3. The summed E-state index contributed by atoms with van der Waals surface area (Å²) in [4.78, 5) is 0. The standard InChI is InChI=1S/C17H16O3/c18-14-12-7-6-10-9-3-1-2-8(9)4-5-11(10)13(12)16-17(20-16)15(14)19/h4-7,14-19H,1-3H2/t14-,15+,16+,17-/m1/s1. The van der Waals surface area contributed by atoms with Gasteiger partial charge in [-0.25, -0.2) is 0 Å². The molecule has 2 aromatic carbocycles. The summed E-state index contributed by atoms with van der Waals surface area (Å²) < 4.78 is 5.60. The lowest BCUT2D eigenvalue weighted by atomic mass is 9.83. The van der Waals surface area contributed by atoms with Crippen molar-refractivity contribution >= 4 is 10.8 Å². The Morgan fingerprint density at radius 2 is 1.85 bits per heavy atom. The molecule has 0 amide bonds. The molecule has 0 unspecified atom stereocenters. The van der Waals surface area contributed by atoms with Crippen molar-refractivity contribution in [2.75, 3.05) is 0 Å². The van der Waals surface area contributed by atoms with Crippen LogP contribution in [-0.4, -0.2) is 22.4 Å². The SMILES string of the molecule is O[C@@H]1[C@H]2O[C@H]2c2c(ccc3c4c(ccc23)CCC4)[C@H]1O. The van der Waals surface area contributed by atoms with Crippen molar-refractivity contribution < 1.29 is 14.9 Å². The molecule has 1 heterocycles. The minimum atomic E-state index is -0.827. The second-order valence-corrected chi connectivity index (χ2v) is 6.18. The van der Waals surface area contributed by atoms with Gasteiger partial charge in [0, 0.05) is 0 Å². The molecule has 0 saturated carbocycles. The van der Waals surface area contributed by atoms with Gasteiger partial charge >= 0.3 is 0 Å². The lowest BCUT2D eigenvalue weighted by molar-refractivity contribution is 0.000105. The van der Waals surface area contributed by atoms with Gasteiger partial charge in [0.25, 0.3) is 0 Å². The minimum Gasteiger partial charge on any atom is -0.387 e. The van der Waals surface area contributed by atoms with Crippen LogP contribution < -0.4 is 0 Å². The summed E-state index contributed by atoms with van der Waals surface area (Å²) in [5.41, 5.74) is 4.85. The lowest BCUT2D eigenvalue weighted by Crippen LogP contribution is -2.29. The number of aliphatic hydroxyl groups is 2. The molecule has 4 atom stereocenters. The van der Waals surface area contributed by atoms with E-state index in [9.17, 15) is 10.2 Å². The normalized spacial score (nSPS) is 33.7. The summed E-state index contributed by atoms with van der Waals surface area (Å²) in [6.07, 6.45) is 1.67. The maximum absolute atomic E-state index is 10.2. The Morgan fingerprint density at radius 3 is 2.75 bits per heavy atom. The van der Waals surface area contributed by atoms with Crippen LogP contribution >= 0.6 is 0 Å². The number of hydrogen-bond donors (Lipinski definition) is 2. The highest BCUT2D eigenvalue weighted by Crippen LogP contribution is 2.53. The fourth-order valence-corrected chi connectivity index (χ4v) is 4.09. The molecule has 2 aromatic rings. The van der Waals surface area contributed by atoms with Gasteiger partial charge in [-0.1, -0.05) is 24.3 Å². The van der Waals surface area contributed by atoms with E-state index < -0.39 is 12.2 Å². The fraction of sp³-hybridized carbons (Fsp3) is 0.412. The van der Waals surface area contributed by atoms with E-state index in [1.807, 2.05) is 6.07 Å². The summed E-state index contributed by atoms with van der Waals surface area (Å²) in [7, 11) is 0. The zero-order chi connectivity index (χ0) is 13.4. The van der Waals surface area contributed by atoms with Gasteiger partial charge in [-0.2, -0.15) is 0 Å². The summed E-state index contributed by atoms with van der Waals surface area (Å²) in [5.74, 6) is 0. The van der Waals surface area contributed by atoms with Crippen molar-refractivity contribution in [1.29, 1.82) is 0 Å². The van der Waals surface area contributed by atoms with E-state index in [2.05, 4.69) is 18.2 Å². The lowest BCUT2D eigenvalue weighted by Gasteiger charge is -2.25. The van der Waals surface area contributed by atoms with Crippen LogP contribution in [0.2, 0.25) is 0 Å². The first-order valence-corrected chi connectivity index (χ1v) is 7.34. The molecule has 3 nitrogen and oxygen atoms in total. The average Bonchev–Trinajstić information content (AvgIpc) is 3.12. The molecule has 0 spiro atoms. The number of rotatable bonds is 0. The van der Waals surface area contributed by atoms with Crippen molar-refractivity contribution in [2.45, 2.75) is 43.7 Å². The van der Waals surface area contributed by atoms with E-state index in [-0.39, 0.29) is 12.2 Å². The van der Waals surface area contributed by atoms with E-state index in [0.717, 1.165) is 17.5 Å². The molecule has 2 N–H and O–H groups in total. The Hall–Kier alpha value is -1.42. The number of hydrogen-bond acceptors (Lipinski definition) is 3. The predicted molar refractivity (Wildman–Crippen MR) is 74.6 cm³/mol. The molecule has 20 heavy (non-hydrogen) atoms. The van der Waals surface area contributed by atoms with Crippen LogP contribution in [0, 0.1) is 0 Å².